The summed E-state index contributed by atoms with van der Waals surface area (Å²) in [6.07, 6.45) is 0.337. The average molecular weight is 328 g/mol. The maximum absolute atomic E-state index is 11.9. The molecule has 1 atom stereocenters. The minimum atomic E-state index is -1.01. The number of furan rings is 1. The second-order valence-corrected chi connectivity index (χ2v) is 4.98. The second kappa shape index (κ2) is 6.65. The predicted octanol–water partition coefficient (Wildman–Crippen LogP) is 3.77. The van der Waals surface area contributed by atoms with Crippen molar-refractivity contribution in [3.8, 4) is 0 Å². The first-order valence-electron chi connectivity index (χ1n) is 5.98. The summed E-state index contributed by atoms with van der Waals surface area (Å²) in [4.78, 5) is 23.6. The van der Waals surface area contributed by atoms with Gasteiger partial charge in [0.15, 0.2) is 6.10 Å². The molecule has 1 amide bonds. The van der Waals surface area contributed by atoms with Crippen molar-refractivity contribution in [3.63, 3.8) is 0 Å². The number of esters is 1. The van der Waals surface area contributed by atoms with E-state index >= 15 is 0 Å². The Kier molecular flexibility index (Phi) is 4.88. The number of halogens is 2. The maximum atomic E-state index is 11.9. The van der Waals surface area contributed by atoms with Crippen molar-refractivity contribution in [2.45, 2.75) is 13.0 Å². The summed E-state index contributed by atoms with van der Waals surface area (Å²) in [5.41, 5.74) is 0.381. The molecular formula is C14H11Cl2NO4. The van der Waals surface area contributed by atoms with Crippen LogP contribution in [-0.4, -0.2) is 18.0 Å². The molecule has 5 nitrogen and oxygen atoms in total. The lowest BCUT2D eigenvalue weighted by molar-refractivity contribution is -0.123. The molecule has 0 saturated carbocycles. The van der Waals surface area contributed by atoms with E-state index in [-0.39, 0.29) is 5.76 Å². The normalized spacial score (nSPS) is 11.8. The zero-order valence-corrected chi connectivity index (χ0v) is 12.4. The van der Waals surface area contributed by atoms with Crippen molar-refractivity contribution in [2.75, 3.05) is 5.32 Å². The number of hydrogen-bond acceptors (Lipinski definition) is 4. The number of anilines is 1. The van der Waals surface area contributed by atoms with Gasteiger partial charge in [-0.1, -0.05) is 23.2 Å². The number of ether oxygens (including phenoxy) is 1. The minimum Gasteiger partial charge on any atom is -0.457 e. The number of nitrogens with one attached hydrogen (secondary N) is 1. The number of hydrogen-bond donors (Lipinski definition) is 1. The molecule has 0 aliphatic rings. The SMILES string of the molecule is C[C@@H](OC(=O)c1ccco1)C(=O)Nc1ccc(Cl)cc1Cl. The van der Waals surface area contributed by atoms with Crippen LogP contribution in [0.3, 0.4) is 0 Å². The van der Waals surface area contributed by atoms with E-state index < -0.39 is 18.0 Å². The highest BCUT2D eigenvalue weighted by atomic mass is 35.5. The number of carbonyl (C=O) groups is 2. The molecule has 2 rings (SSSR count). The van der Waals surface area contributed by atoms with E-state index in [0.717, 1.165) is 0 Å². The van der Waals surface area contributed by atoms with E-state index in [9.17, 15) is 9.59 Å². The molecule has 1 N–H and O–H groups in total. The van der Waals surface area contributed by atoms with Gasteiger partial charge in [-0.2, -0.15) is 0 Å². The smallest absolute Gasteiger partial charge is 0.374 e. The summed E-state index contributed by atoms with van der Waals surface area (Å²) in [6.45, 7) is 1.44. The van der Waals surface area contributed by atoms with Crippen LogP contribution in [0, 0.1) is 0 Å². The Morgan fingerprint density at radius 3 is 2.67 bits per heavy atom. The van der Waals surface area contributed by atoms with E-state index in [1.807, 2.05) is 0 Å². The number of benzene rings is 1. The Bertz CT molecular complexity index is 655. The first-order valence-corrected chi connectivity index (χ1v) is 6.73. The zero-order valence-electron chi connectivity index (χ0n) is 10.9. The summed E-state index contributed by atoms with van der Waals surface area (Å²) >= 11 is 11.7. The lowest BCUT2D eigenvalue weighted by Gasteiger charge is -2.13. The van der Waals surface area contributed by atoms with Crippen LogP contribution in [0.5, 0.6) is 0 Å². The second-order valence-electron chi connectivity index (χ2n) is 4.14. The highest BCUT2D eigenvalue weighted by molar-refractivity contribution is 6.36. The van der Waals surface area contributed by atoms with Crippen molar-refractivity contribution >= 4 is 40.8 Å². The van der Waals surface area contributed by atoms with E-state index in [4.69, 9.17) is 32.4 Å². The number of rotatable bonds is 4. The van der Waals surface area contributed by atoms with Gasteiger partial charge in [0.05, 0.1) is 17.0 Å². The lowest BCUT2D eigenvalue weighted by atomic mass is 10.3. The molecule has 1 heterocycles. The van der Waals surface area contributed by atoms with Crippen LogP contribution in [0.1, 0.15) is 17.5 Å². The third kappa shape index (κ3) is 4.00. The van der Waals surface area contributed by atoms with Crippen LogP contribution < -0.4 is 5.32 Å². The Labute approximate surface area is 130 Å². The van der Waals surface area contributed by atoms with Crippen LogP contribution in [0.25, 0.3) is 0 Å². The van der Waals surface area contributed by atoms with Crippen molar-refractivity contribution in [1.82, 2.24) is 0 Å². The van der Waals surface area contributed by atoms with Crippen LogP contribution in [0.2, 0.25) is 10.0 Å². The van der Waals surface area contributed by atoms with Gasteiger partial charge in [0, 0.05) is 5.02 Å². The first kappa shape index (κ1) is 15.4. The quantitative estimate of drug-likeness (QED) is 0.868. The van der Waals surface area contributed by atoms with Gasteiger partial charge in [-0.05, 0) is 37.3 Å². The highest BCUT2D eigenvalue weighted by Crippen LogP contribution is 2.25. The molecular weight excluding hydrogens is 317 g/mol. The zero-order chi connectivity index (χ0) is 15.4. The molecule has 0 radical (unpaired) electrons. The number of carbonyl (C=O) groups excluding carboxylic acids is 2. The fraction of sp³-hybridized carbons (Fsp3) is 0.143. The van der Waals surface area contributed by atoms with E-state index in [1.165, 1.54) is 25.3 Å². The largest absolute Gasteiger partial charge is 0.457 e. The average Bonchev–Trinajstić information content (AvgIpc) is 2.95. The van der Waals surface area contributed by atoms with Gasteiger partial charge in [-0.3, -0.25) is 4.79 Å². The summed E-state index contributed by atoms with van der Waals surface area (Å²) in [6, 6.07) is 7.64. The van der Waals surface area contributed by atoms with Crippen LogP contribution >= 0.6 is 23.2 Å². The minimum absolute atomic E-state index is 0.0270. The van der Waals surface area contributed by atoms with Gasteiger partial charge in [-0.15, -0.1) is 0 Å². The fourth-order valence-electron chi connectivity index (χ4n) is 1.49. The lowest BCUT2D eigenvalue weighted by Crippen LogP contribution is -2.30. The molecule has 0 bridgehead atoms. The van der Waals surface area contributed by atoms with Crippen molar-refractivity contribution in [3.05, 3.63) is 52.4 Å². The Morgan fingerprint density at radius 2 is 2.05 bits per heavy atom. The molecule has 2 aromatic rings. The van der Waals surface area contributed by atoms with Crippen molar-refractivity contribution in [1.29, 1.82) is 0 Å². The molecule has 0 unspecified atom stereocenters. The Balaban J connectivity index is 1.98. The summed E-state index contributed by atoms with van der Waals surface area (Å²) in [5.74, 6) is -1.21. The molecule has 21 heavy (non-hydrogen) atoms. The molecule has 1 aromatic carbocycles. The molecule has 0 fully saturated rings. The van der Waals surface area contributed by atoms with E-state index in [0.29, 0.717) is 15.7 Å². The maximum Gasteiger partial charge on any atom is 0.374 e. The molecule has 0 aliphatic carbocycles. The van der Waals surface area contributed by atoms with Gasteiger partial charge >= 0.3 is 5.97 Å². The van der Waals surface area contributed by atoms with E-state index in [1.54, 1.807) is 18.2 Å². The Morgan fingerprint density at radius 1 is 1.29 bits per heavy atom. The van der Waals surface area contributed by atoms with Gasteiger partial charge in [0.25, 0.3) is 5.91 Å². The highest BCUT2D eigenvalue weighted by Gasteiger charge is 2.21. The first-order chi connectivity index (χ1) is 9.97. The topological polar surface area (TPSA) is 68.5 Å². The van der Waals surface area contributed by atoms with Gasteiger partial charge in [0.1, 0.15) is 0 Å². The standard InChI is InChI=1S/C14H11Cl2NO4/c1-8(21-14(19)12-3-2-6-20-12)13(18)17-11-5-4-9(15)7-10(11)16/h2-8H,1H3,(H,17,18)/t8-/m1/s1. The third-order valence-corrected chi connectivity index (χ3v) is 3.11. The summed E-state index contributed by atoms with van der Waals surface area (Å²) in [5, 5.41) is 3.30. The third-order valence-electron chi connectivity index (χ3n) is 2.56. The van der Waals surface area contributed by atoms with Gasteiger partial charge < -0.3 is 14.5 Å². The van der Waals surface area contributed by atoms with E-state index in [2.05, 4.69) is 5.32 Å². The fourth-order valence-corrected chi connectivity index (χ4v) is 1.95. The molecule has 110 valence electrons. The summed E-state index contributed by atoms with van der Waals surface area (Å²) in [7, 11) is 0. The van der Waals surface area contributed by atoms with Crippen LogP contribution in [-0.2, 0) is 9.53 Å². The van der Waals surface area contributed by atoms with Gasteiger partial charge in [-0.25, -0.2) is 4.79 Å². The predicted molar refractivity (Wildman–Crippen MR) is 78.7 cm³/mol. The summed E-state index contributed by atoms with van der Waals surface area (Å²) < 4.78 is 9.86. The Hall–Kier alpha value is -1.98. The number of amides is 1. The van der Waals surface area contributed by atoms with Crippen molar-refractivity contribution < 1.29 is 18.7 Å². The van der Waals surface area contributed by atoms with Crippen molar-refractivity contribution in [2.24, 2.45) is 0 Å². The molecule has 0 saturated heterocycles. The van der Waals surface area contributed by atoms with Crippen LogP contribution in [0.15, 0.2) is 41.0 Å². The molecule has 7 heteroatoms. The van der Waals surface area contributed by atoms with Gasteiger partial charge in [0.2, 0.25) is 5.76 Å². The molecule has 0 spiro atoms. The van der Waals surface area contributed by atoms with Crippen LogP contribution in [0.4, 0.5) is 5.69 Å². The molecule has 1 aromatic heterocycles. The monoisotopic (exact) mass is 327 g/mol. The molecule has 0 aliphatic heterocycles.